The van der Waals surface area contributed by atoms with E-state index in [9.17, 15) is 36.5 Å². The predicted molar refractivity (Wildman–Crippen MR) is 317 cm³/mol. The van der Waals surface area contributed by atoms with Gasteiger partial charge in [-0.05, 0) is 106 Å². The van der Waals surface area contributed by atoms with E-state index in [1.807, 2.05) is 70.2 Å². The molecule has 0 saturated heterocycles. The molecule has 0 fully saturated rings. The first-order valence-electron chi connectivity index (χ1n) is 25.1. The van der Waals surface area contributed by atoms with Gasteiger partial charge in [0.2, 0.25) is 11.9 Å². The van der Waals surface area contributed by atoms with E-state index in [0.29, 0.717) is 82.5 Å². The van der Waals surface area contributed by atoms with Gasteiger partial charge in [-0.15, -0.1) is 20.5 Å². The van der Waals surface area contributed by atoms with Crippen molar-refractivity contribution in [2.45, 2.75) is 62.2 Å². The Bertz CT molecular complexity index is 3830. The van der Waals surface area contributed by atoms with E-state index in [2.05, 4.69) is 61.8 Å². The van der Waals surface area contributed by atoms with Crippen molar-refractivity contribution in [3.05, 3.63) is 119 Å². The maximum absolute atomic E-state index is 12.2. The van der Waals surface area contributed by atoms with Crippen LogP contribution in [0.4, 0.5) is 56.0 Å². The number of hydrogen-bond donors (Lipinski definition) is 4. The lowest BCUT2D eigenvalue weighted by molar-refractivity contribution is 0.414. The van der Waals surface area contributed by atoms with Gasteiger partial charge in [-0.2, -0.15) is 51.1 Å². The summed E-state index contributed by atoms with van der Waals surface area (Å²) in [6.45, 7) is 13.6. The number of ether oxygens (including phenoxy) is 2. The predicted octanol–water partition coefficient (Wildman–Crippen LogP) is 13.3. The van der Waals surface area contributed by atoms with Gasteiger partial charge in [0.15, 0.2) is 15.2 Å². The van der Waals surface area contributed by atoms with E-state index in [0.717, 1.165) is 28.6 Å². The van der Waals surface area contributed by atoms with Crippen LogP contribution in [0.2, 0.25) is 0 Å². The summed E-state index contributed by atoms with van der Waals surface area (Å²) in [6, 6.07) is 29.8. The Balaban J connectivity index is 1.24. The average Bonchev–Trinajstić information content (AvgIpc) is 4.21. The molecule has 8 aromatic rings. The number of rotatable bonds is 23. The third kappa shape index (κ3) is 13.5. The molecule has 0 aliphatic rings. The monoisotopic (exact) mass is 1200 g/mol. The summed E-state index contributed by atoms with van der Waals surface area (Å²) >= 11 is 3.10. The Morgan fingerprint density at radius 3 is 1.41 bits per heavy atom. The van der Waals surface area contributed by atoms with Crippen molar-refractivity contribution in [3.8, 4) is 46.2 Å². The topological polar surface area (TPSA) is 319 Å². The molecule has 0 spiro atoms. The molecule has 0 bridgehead atoms. The van der Waals surface area contributed by atoms with Crippen LogP contribution in [0.5, 0.6) is 11.5 Å². The minimum atomic E-state index is -4.58. The minimum absolute atomic E-state index is 0.0244. The Morgan fingerprint density at radius 2 is 1.04 bits per heavy atom. The molecule has 0 amide bonds. The summed E-state index contributed by atoms with van der Waals surface area (Å²) in [5.74, 6) is 1.58. The molecule has 0 aliphatic carbocycles. The average molecular weight is 1200 g/mol. The first-order valence-corrected chi connectivity index (χ1v) is 30.5. The molecule has 0 unspecified atom stereocenters. The number of methoxy groups -OCH3 is 2. The molecule has 3 heterocycles. The van der Waals surface area contributed by atoms with Crippen LogP contribution in [-0.4, -0.2) is 90.0 Å². The smallest absolute Gasteiger partial charge is 0.294 e. The highest BCUT2D eigenvalue weighted by Gasteiger charge is 2.24. The van der Waals surface area contributed by atoms with Gasteiger partial charge >= 0.3 is 0 Å². The van der Waals surface area contributed by atoms with Crippen LogP contribution in [0.15, 0.2) is 126 Å². The number of azo groups is 2. The Labute approximate surface area is 486 Å². The van der Waals surface area contributed by atoms with Crippen LogP contribution in [0.1, 0.15) is 55.5 Å². The zero-order valence-corrected chi connectivity index (χ0v) is 49.5. The van der Waals surface area contributed by atoms with Crippen LogP contribution in [0.25, 0.3) is 22.5 Å². The van der Waals surface area contributed by atoms with Gasteiger partial charge < -0.3 is 29.9 Å². The standard InChI is InChI=1S/C54H53N15O8S5/c1-9-68(10-2)42-24-38(40(26-44(42)76-7)62-64-50-36(28-55)48(66-79-50)34-20-18-31(5)46(22-34)81(70,71)72)57-52-59-53(61-54(60-52)78-30-33-16-14-13-15-17-33)58-39-25-43(69(11-3)12-4)45(77-8)27-41(39)63-65-51-37(29-56)49(67-80-51)35-21-19-32(6)47(23-35)82(73,74)75/h13-27H,9-12,30H2,1-8H3,(H,70,71,72)(H,73,74,75)(H2,57,58,59,60,61). The van der Waals surface area contributed by atoms with Crippen LogP contribution >= 0.6 is 34.8 Å². The highest BCUT2D eigenvalue weighted by molar-refractivity contribution is 7.98. The van der Waals surface area contributed by atoms with Crippen molar-refractivity contribution in [3.63, 3.8) is 0 Å². The second-order valence-corrected chi connectivity index (χ2v) is 22.9. The summed E-state index contributed by atoms with van der Waals surface area (Å²) in [4.78, 5) is 18.2. The fraction of sp³-hybridized carbons (Fsp3) is 0.241. The molecule has 0 saturated carbocycles. The SMILES string of the molecule is CCN(CC)c1cc(Nc2nc(Nc3cc(N(CC)CC)c(OC)cc3N=Nc3snc(-c4ccc(C)c(S(=O)(=O)O)c4)c3C#N)nc(SCc3ccccc3)n2)c(N=Nc2snc(-c3ccc(C)c(S(=O)(=O)O)c3)c2C#N)cc1OC. The minimum Gasteiger partial charge on any atom is -0.494 e. The van der Waals surface area contributed by atoms with E-state index in [1.54, 1.807) is 24.3 Å². The van der Waals surface area contributed by atoms with Crippen molar-refractivity contribution in [2.24, 2.45) is 20.5 Å². The molecule has 5 aromatic carbocycles. The maximum Gasteiger partial charge on any atom is 0.294 e. The summed E-state index contributed by atoms with van der Waals surface area (Å²) < 4.78 is 89.3. The fourth-order valence-electron chi connectivity index (χ4n) is 8.47. The molecule has 3 aromatic heterocycles. The number of aryl methyl sites for hydroxylation is 2. The van der Waals surface area contributed by atoms with Gasteiger partial charge in [-0.3, -0.25) is 9.11 Å². The quantitative estimate of drug-likeness (QED) is 0.0263. The van der Waals surface area contributed by atoms with E-state index in [1.165, 1.54) is 64.1 Å². The summed E-state index contributed by atoms with van der Waals surface area (Å²) in [6.07, 6.45) is 0. The highest BCUT2D eigenvalue weighted by Crippen LogP contribution is 2.45. The van der Waals surface area contributed by atoms with E-state index in [4.69, 9.17) is 24.4 Å². The number of anilines is 6. The number of nitrogens with one attached hydrogen (secondary N) is 2. The molecule has 0 atom stereocenters. The summed E-state index contributed by atoms with van der Waals surface area (Å²) in [5, 5.41) is 46.3. The Morgan fingerprint density at radius 1 is 0.610 bits per heavy atom. The molecule has 28 heteroatoms. The van der Waals surface area contributed by atoms with Gasteiger partial charge in [0, 0.05) is 55.2 Å². The fourth-order valence-corrected chi connectivity index (χ4v) is 12.1. The Kier molecular flexibility index (Phi) is 18.9. The van der Waals surface area contributed by atoms with Crippen molar-refractivity contribution >= 4 is 111 Å². The van der Waals surface area contributed by atoms with E-state index < -0.39 is 20.2 Å². The van der Waals surface area contributed by atoms with Crippen molar-refractivity contribution < 1.29 is 35.4 Å². The number of benzene rings is 5. The molecular weight excluding hydrogens is 1150 g/mol. The van der Waals surface area contributed by atoms with Gasteiger partial charge in [0.25, 0.3) is 20.2 Å². The van der Waals surface area contributed by atoms with Gasteiger partial charge in [0.05, 0.1) is 46.8 Å². The second-order valence-electron chi connectivity index (χ2n) is 17.7. The van der Waals surface area contributed by atoms with Gasteiger partial charge in [-0.1, -0.05) is 66.4 Å². The lowest BCUT2D eigenvalue weighted by atomic mass is 10.1. The van der Waals surface area contributed by atoms with Gasteiger partial charge in [0.1, 0.15) is 57.5 Å². The number of nitriles is 2. The first kappa shape index (κ1) is 59.6. The number of nitrogens with zero attached hydrogens (tertiary/aromatic N) is 13. The lowest BCUT2D eigenvalue weighted by Crippen LogP contribution is -2.22. The first-order chi connectivity index (χ1) is 39.3. The maximum atomic E-state index is 12.2. The molecule has 422 valence electrons. The largest absolute Gasteiger partial charge is 0.494 e. The Hall–Kier alpha value is -8.48. The molecule has 4 N–H and O–H groups in total. The molecule has 82 heavy (non-hydrogen) atoms. The van der Waals surface area contributed by atoms with E-state index >= 15 is 0 Å². The molecule has 8 rings (SSSR count). The normalized spacial score (nSPS) is 11.7. The highest BCUT2D eigenvalue weighted by atomic mass is 32.2. The van der Waals surface area contributed by atoms with Crippen LogP contribution in [0.3, 0.4) is 0 Å². The summed E-state index contributed by atoms with van der Waals surface area (Å²) in [5.41, 5.74) is 5.18. The van der Waals surface area contributed by atoms with Gasteiger partial charge in [-0.25, -0.2) is 0 Å². The lowest BCUT2D eigenvalue weighted by Gasteiger charge is -2.25. The molecule has 0 aliphatic heterocycles. The third-order valence-corrected chi connectivity index (χ3v) is 17.0. The van der Waals surface area contributed by atoms with Crippen molar-refractivity contribution in [1.82, 2.24) is 23.7 Å². The molecule has 23 nitrogen and oxygen atoms in total. The van der Waals surface area contributed by atoms with Crippen LogP contribution in [-0.2, 0) is 26.0 Å². The van der Waals surface area contributed by atoms with Crippen LogP contribution in [0, 0.1) is 36.5 Å². The zero-order chi connectivity index (χ0) is 58.9. The van der Waals surface area contributed by atoms with Crippen molar-refractivity contribution in [1.29, 1.82) is 10.5 Å². The molecule has 0 radical (unpaired) electrons. The second kappa shape index (κ2) is 26.0. The molecular formula is C54H53N15O8S5. The van der Waals surface area contributed by atoms with E-state index in [-0.39, 0.29) is 76.7 Å². The number of aromatic nitrogens is 5. The number of hydrogen-bond acceptors (Lipinski definition) is 24. The third-order valence-electron chi connectivity index (χ3n) is 12.7. The number of thioether (sulfide) groups is 1. The van der Waals surface area contributed by atoms with Crippen LogP contribution < -0.4 is 29.9 Å². The van der Waals surface area contributed by atoms with Crippen molar-refractivity contribution in [2.75, 3.05) is 60.8 Å². The summed E-state index contributed by atoms with van der Waals surface area (Å²) in [7, 11) is -6.10. The zero-order valence-electron chi connectivity index (χ0n) is 45.4.